The number of hydrogen-bond donors (Lipinski definition) is 1. The van der Waals surface area contributed by atoms with Gasteiger partial charge in [-0.1, -0.05) is 54.6 Å². The van der Waals surface area contributed by atoms with Gasteiger partial charge in [0.05, 0.1) is 26.2 Å². The highest BCUT2D eigenvalue weighted by atomic mass is 19.1. The van der Waals surface area contributed by atoms with Crippen LogP contribution in [0.3, 0.4) is 0 Å². The zero-order valence-electron chi connectivity index (χ0n) is 29.0. The Bertz CT molecular complexity index is 1910. The van der Waals surface area contributed by atoms with Crippen molar-refractivity contribution in [1.82, 2.24) is 19.7 Å². The molecule has 4 aromatic carbocycles. The molecule has 0 radical (unpaired) electrons. The number of ether oxygens (including phenoxy) is 3. The molecular weight excluding hydrogens is 692 g/mol. The molecule has 0 saturated heterocycles. The fourth-order valence-electron chi connectivity index (χ4n) is 5.56. The second-order valence-electron chi connectivity index (χ2n) is 12.4. The normalized spacial score (nSPS) is 12.2. The summed E-state index contributed by atoms with van der Waals surface area (Å²) in [6, 6.07) is 24.6. The van der Waals surface area contributed by atoms with Gasteiger partial charge in [0.2, 0.25) is 0 Å². The van der Waals surface area contributed by atoms with E-state index in [0.717, 1.165) is 28.8 Å². The van der Waals surface area contributed by atoms with Crippen molar-refractivity contribution in [2.45, 2.75) is 44.7 Å². The van der Waals surface area contributed by atoms with Crippen molar-refractivity contribution in [2.24, 2.45) is 0 Å². The van der Waals surface area contributed by atoms with Gasteiger partial charge in [-0.05, 0) is 59.6 Å². The number of esters is 1. The minimum absolute atomic E-state index is 0.0345. The fraction of sp³-hybridized carbons (Fsp3) is 0.289. The average molecular weight is 732 g/mol. The average Bonchev–Trinajstić information content (AvgIpc) is 3.64. The lowest BCUT2D eigenvalue weighted by atomic mass is 9.92. The molecule has 0 aliphatic carbocycles. The maximum Gasteiger partial charge on any atom is 0.310 e. The van der Waals surface area contributed by atoms with Crippen molar-refractivity contribution in [1.29, 1.82) is 0 Å². The van der Waals surface area contributed by atoms with E-state index in [9.17, 15) is 28.8 Å². The van der Waals surface area contributed by atoms with Crippen LogP contribution in [-0.4, -0.2) is 62.6 Å². The zero-order valence-corrected chi connectivity index (χ0v) is 29.0. The summed E-state index contributed by atoms with van der Waals surface area (Å²) in [5.41, 5.74) is 1.36. The standard InChI is InChI=1S/C38H39F2N5O8/c1-43(24-38(47,25-44-27-41-26-42-44)35-16-11-32(39)20-36(35)40)21-29-9-14-34(15-10-29)51-18-2-17-50-33-12-7-28(8-13-33)19-37(46)52-22-30-3-5-31(6-4-30)23-53-45(48)49/h3-16,20,26-27,47H,2,17-19,21-25H2,1H3. The van der Waals surface area contributed by atoms with Gasteiger partial charge in [0.1, 0.15) is 54.6 Å². The van der Waals surface area contributed by atoms with E-state index in [-0.39, 0.29) is 44.3 Å². The predicted octanol–water partition coefficient (Wildman–Crippen LogP) is 5.42. The van der Waals surface area contributed by atoms with Crippen molar-refractivity contribution in [3.05, 3.63) is 153 Å². The second kappa shape index (κ2) is 18.5. The maximum atomic E-state index is 14.8. The number of aromatic nitrogens is 3. The van der Waals surface area contributed by atoms with E-state index in [0.29, 0.717) is 43.2 Å². The van der Waals surface area contributed by atoms with E-state index in [2.05, 4.69) is 14.9 Å². The quantitative estimate of drug-likeness (QED) is 0.0473. The van der Waals surface area contributed by atoms with Crippen LogP contribution in [0.15, 0.2) is 104 Å². The van der Waals surface area contributed by atoms with Crippen LogP contribution in [0.4, 0.5) is 8.78 Å². The first-order valence-electron chi connectivity index (χ1n) is 16.7. The topological polar surface area (TPSA) is 151 Å². The van der Waals surface area contributed by atoms with Crippen molar-refractivity contribution in [3.8, 4) is 11.5 Å². The summed E-state index contributed by atoms with van der Waals surface area (Å²) < 4.78 is 46.8. The van der Waals surface area contributed by atoms with Crippen LogP contribution in [0.5, 0.6) is 11.5 Å². The lowest BCUT2D eigenvalue weighted by Crippen LogP contribution is -2.43. The lowest BCUT2D eigenvalue weighted by Gasteiger charge is -2.33. The second-order valence-corrected chi connectivity index (χ2v) is 12.4. The Hall–Kier alpha value is -5.93. The minimum atomic E-state index is -1.71. The Labute approximate surface area is 304 Å². The molecule has 0 aliphatic rings. The van der Waals surface area contributed by atoms with Gasteiger partial charge in [0.25, 0.3) is 5.09 Å². The third-order valence-electron chi connectivity index (χ3n) is 8.09. The van der Waals surface area contributed by atoms with Crippen molar-refractivity contribution < 1.29 is 42.8 Å². The van der Waals surface area contributed by atoms with Crippen LogP contribution in [0.1, 0.15) is 34.2 Å². The number of carbonyl (C=O) groups is 1. The largest absolute Gasteiger partial charge is 0.493 e. The molecule has 0 spiro atoms. The van der Waals surface area contributed by atoms with Gasteiger partial charge in [0.15, 0.2) is 0 Å². The predicted molar refractivity (Wildman–Crippen MR) is 187 cm³/mol. The highest BCUT2D eigenvalue weighted by Crippen LogP contribution is 2.28. The monoisotopic (exact) mass is 731 g/mol. The van der Waals surface area contributed by atoms with E-state index in [4.69, 9.17) is 14.2 Å². The molecule has 0 aliphatic heterocycles. The third-order valence-corrected chi connectivity index (χ3v) is 8.09. The third kappa shape index (κ3) is 12.1. The van der Waals surface area contributed by atoms with Crippen LogP contribution < -0.4 is 9.47 Å². The molecule has 53 heavy (non-hydrogen) atoms. The Morgan fingerprint density at radius 2 is 1.49 bits per heavy atom. The minimum Gasteiger partial charge on any atom is -0.493 e. The Balaban J connectivity index is 0.996. The van der Waals surface area contributed by atoms with Crippen LogP contribution in [0.25, 0.3) is 0 Å². The summed E-state index contributed by atoms with van der Waals surface area (Å²) in [5.74, 6) is -0.616. The molecule has 1 N–H and O–H groups in total. The number of rotatable bonds is 20. The summed E-state index contributed by atoms with van der Waals surface area (Å²) in [4.78, 5) is 32.7. The fourth-order valence-corrected chi connectivity index (χ4v) is 5.56. The van der Waals surface area contributed by atoms with Gasteiger partial charge < -0.3 is 24.2 Å². The lowest BCUT2D eigenvalue weighted by molar-refractivity contribution is -0.763. The molecule has 0 bridgehead atoms. The van der Waals surface area contributed by atoms with E-state index in [1.54, 1.807) is 55.6 Å². The zero-order chi connectivity index (χ0) is 37.6. The van der Waals surface area contributed by atoms with Crippen LogP contribution >= 0.6 is 0 Å². The first kappa shape index (κ1) is 38.3. The summed E-state index contributed by atoms with van der Waals surface area (Å²) in [6.07, 6.45) is 3.47. The van der Waals surface area contributed by atoms with Gasteiger partial charge in [-0.2, -0.15) is 5.10 Å². The molecule has 13 nitrogen and oxygen atoms in total. The molecule has 1 unspecified atom stereocenters. The maximum absolute atomic E-state index is 14.8. The summed E-state index contributed by atoms with van der Waals surface area (Å²) >= 11 is 0. The van der Waals surface area contributed by atoms with E-state index >= 15 is 0 Å². The number of halogens is 2. The number of hydrogen-bond acceptors (Lipinski definition) is 11. The molecule has 278 valence electrons. The van der Waals surface area contributed by atoms with Crippen molar-refractivity contribution in [3.63, 3.8) is 0 Å². The summed E-state index contributed by atoms with van der Waals surface area (Å²) in [7, 11) is 1.80. The highest BCUT2D eigenvalue weighted by Gasteiger charge is 2.35. The van der Waals surface area contributed by atoms with Crippen molar-refractivity contribution in [2.75, 3.05) is 26.8 Å². The van der Waals surface area contributed by atoms with Gasteiger partial charge in [-0.15, -0.1) is 10.1 Å². The number of aliphatic hydroxyl groups is 1. The molecule has 1 atom stereocenters. The van der Waals surface area contributed by atoms with Gasteiger partial charge in [0, 0.05) is 31.1 Å². The molecule has 0 saturated carbocycles. The molecule has 1 heterocycles. The molecule has 0 amide bonds. The number of nitrogens with zero attached hydrogens (tertiary/aromatic N) is 5. The van der Waals surface area contributed by atoms with E-state index < -0.39 is 22.3 Å². The highest BCUT2D eigenvalue weighted by molar-refractivity contribution is 5.72. The van der Waals surface area contributed by atoms with E-state index in [1.807, 2.05) is 29.2 Å². The Morgan fingerprint density at radius 3 is 2.08 bits per heavy atom. The molecule has 5 rings (SSSR count). The molecular formula is C38H39F2N5O8. The summed E-state index contributed by atoms with van der Waals surface area (Å²) in [5, 5.41) is 25.1. The van der Waals surface area contributed by atoms with Gasteiger partial charge >= 0.3 is 5.97 Å². The van der Waals surface area contributed by atoms with Gasteiger partial charge in [-0.3, -0.25) is 9.69 Å². The Morgan fingerprint density at radius 1 is 0.887 bits per heavy atom. The molecule has 0 fully saturated rings. The van der Waals surface area contributed by atoms with Crippen LogP contribution in [0, 0.1) is 21.7 Å². The molecule has 5 aromatic rings. The van der Waals surface area contributed by atoms with Crippen molar-refractivity contribution >= 4 is 5.97 Å². The molecule has 15 heteroatoms. The number of likely N-dealkylation sites (N-methyl/N-ethyl adjacent to an activating group) is 1. The first-order valence-corrected chi connectivity index (χ1v) is 16.7. The number of benzene rings is 4. The van der Waals surface area contributed by atoms with Crippen LogP contribution in [-0.2, 0) is 52.7 Å². The first-order chi connectivity index (χ1) is 25.5. The van der Waals surface area contributed by atoms with Gasteiger partial charge in [-0.25, -0.2) is 18.4 Å². The number of carbonyl (C=O) groups excluding carboxylic acids is 1. The Kier molecular flexibility index (Phi) is 13.4. The smallest absolute Gasteiger partial charge is 0.310 e. The van der Waals surface area contributed by atoms with E-state index in [1.165, 1.54) is 23.4 Å². The SMILES string of the molecule is CN(Cc1ccc(OCCCOc2ccc(CC(=O)OCc3ccc(CO[N+](=O)[O-])cc3)cc2)cc1)CC(O)(Cn1cncn1)c1ccc(F)cc1F. The van der Waals surface area contributed by atoms with Crippen LogP contribution in [0.2, 0.25) is 0 Å². The molecule has 1 aromatic heterocycles. The summed E-state index contributed by atoms with van der Waals surface area (Å²) in [6.45, 7) is 1.19.